The predicted octanol–water partition coefficient (Wildman–Crippen LogP) is -1.13. The van der Waals surface area contributed by atoms with Crippen LogP contribution < -0.4 is 11.5 Å². The van der Waals surface area contributed by atoms with Gasteiger partial charge in [-0.05, 0) is 6.42 Å². The van der Waals surface area contributed by atoms with Gasteiger partial charge in [0.05, 0.1) is 18.0 Å². The molecule has 1 heterocycles. The van der Waals surface area contributed by atoms with Gasteiger partial charge in [-0.15, -0.1) is 0 Å². The third kappa shape index (κ3) is 3.31. The van der Waals surface area contributed by atoms with E-state index in [9.17, 15) is 13.2 Å². The molecule has 0 spiro atoms. The van der Waals surface area contributed by atoms with Gasteiger partial charge in [0.15, 0.2) is 0 Å². The van der Waals surface area contributed by atoms with E-state index < -0.39 is 21.8 Å². The van der Waals surface area contributed by atoms with Crippen molar-refractivity contribution in [3.8, 4) is 0 Å². The third-order valence-corrected chi connectivity index (χ3v) is 2.97. The molecule has 4 N–H and O–H groups in total. The number of nitrogen functional groups attached to an aromatic ring is 1. The van der Waals surface area contributed by atoms with Gasteiger partial charge in [-0.1, -0.05) is 0 Å². The number of nitrogens with zero attached hydrogens (tertiary/aromatic N) is 2. The first-order valence-corrected chi connectivity index (χ1v) is 6.64. The summed E-state index contributed by atoms with van der Waals surface area (Å²) in [5, 5.41) is 3.69. The van der Waals surface area contributed by atoms with Crippen LogP contribution in [0.25, 0.3) is 0 Å². The van der Waals surface area contributed by atoms with E-state index in [1.807, 2.05) is 0 Å². The van der Waals surface area contributed by atoms with Crippen LogP contribution in [0, 0.1) is 0 Å². The lowest BCUT2D eigenvalue weighted by Gasteiger charge is -2.10. The Balaban J connectivity index is 2.66. The van der Waals surface area contributed by atoms with Crippen molar-refractivity contribution >= 4 is 21.6 Å². The standard InChI is InChI=1S/C8H14N4O3S/c1-16(14,15)5-3-6(9)8(13)12-7(10)2-4-11-12/h2,4,6H,3,5,9-10H2,1H3/t6-/m0/s1. The largest absolute Gasteiger partial charge is 0.383 e. The van der Waals surface area contributed by atoms with Crippen LogP contribution in [0.2, 0.25) is 0 Å². The average molecular weight is 246 g/mol. The lowest BCUT2D eigenvalue weighted by molar-refractivity contribution is 0.0864. The van der Waals surface area contributed by atoms with E-state index in [-0.39, 0.29) is 18.0 Å². The number of carbonyl (C=O) groups is 1. The molecule has 0 aliphatic carbocycles. The van der Waals surface area contributed by atoms with E-state index in [0.717, 1.165) is 10.9 Å². The number of sulfone groups is 1. The summed E-state index contributed by atoms with van der Waals surface area (Å²) < 4.78 is 22.8. The summed E-state index contributed by atoms with van der Waals surface area (Å²) in [5.41, 5.74) is 11.0. The highest BCUT2D eigenvalue weighted by Crippen LogP contribution is 2.03. The van der Waals surface area contributed by atoms with Gasteiger partial charge in [0, 0.05) is 12.3 Å². The number of carbonyl (C=O) groups excluding carboxylic acids is 1. The minimum atomic E-state index is -3.12. The normalized spacial score (nSPS) is 13.6. The number of anilines is 1. The maximum Gasteiger partial charge on any atom is 0.265 e. The molecule has 7 nitrogen and oxygen atoms in total. The van der Waals surface area contributed by atoms with Crippen LogP contribution in [0.1, 0.15) is 11.2 Å². The number of hydrogen-bond donors (Lipinski definition) is 2. The van der Waals surface area contributed by atoms with Gasteiger partial charge >= 0.3 is 0 Å². The highest BCUT2D eigenvalue weighted by molar-refractivity contribution is 7.90. The maximum atomic E-state index is 11.6. The monoisotopic (exact) mass is 246 g/mol. The van der Waals surface area contributed by atoms with Gasteiger partial charge in [-0.25, -0.2) is 8.42 Å². The molecular weight excluding hydrogens is 232 g/mol. The highest BCUT2D eigenvalue weighted by Gasteiger charge is 2.19. The van der Waals surface area contributed by atoms with E-state index in [4.69, 9.17) is 11.5 Å². The smallest absolute Gasteiger partial charge is 0.265 e. The fraction of sp³-hybridized carbons (Fsp3) is 0.500. The summed E-state index contributed by atoms with van der Waals surface area (Å²) in [7, 11) is -3.12. The molecule has 16 heavy (non-hydrogen) atoms. The molecular formula is C8H14N4O3S. The first-order valence-electron chi connectivity index (χ1n) is 4.58. The Morgan fingerprint density at radius 2 is 2.25 bits per heavy atom. The van der Waals surface area contributed by atoms with Crippen LogP contribution in [0.4, 0.5) is 5.82 Å². The predicted molar refractivity (Wildman–Crippen MR) is 59.6 cm³/mol. The molecule has 0 aliphatic heterocycles. The van der Waals surface area contributed by atoms with Crippen LogP contribution >= 0.6 is 0 Å². The summed E-state index contributed by atoms with van der Waals surface area (Å²) >= 11 is 0. The average Bonchev–Trinajstić information content (AvgIpc) is 2.58. The van der Waals surface area contributed by atoms with Crippen LogP contribution in [0.3, 0.4) is 0 Å². The number of nitrogens with two attached hydrogens (primary N) is 2. The molecule has 0 aromatic carbocycles. The zero-order valence-corrected chi connectivity index (χ0v) is 9.64. The lowest BCUT2D eigenvalue weighted by atomic mass is 10.2. The zero-order valence-electron chi connectivity index (χ0n) is 8.83. The summed E-state index contributed by atoms with van der Waals surface area (Å²) in [6, 6.07) is 0.540. The molecule has 90 valence electrons. The first kappa shape index (κ1) is 12.7. The van der Waals surface area contributed by atoms with E-state index in [1.54, 1.807) is 0 Å². The van der Waals surface area contributed by atoms with E-state index in [0.29, 0.717) is 0 Å². The molecule has 0 unspecified atom stereocenters. The Hall–Kier alpha value is -1.41. The molecule has 1 aromatic rings. The molecule has 0 saturated carbocycles. The van der Waals surface area contributed by atoms with E-state index >= 15 is 0 Å². The Morgan fingerprint density at radius 1 is 1.62 bits per heavy atom. The van der Waals surface area contributed by atoms with Gasteiger partial charge in [0.2, 0.25) is 0 Å². The second kappa shape index (κ2) is 4.62. The van der Waals surface area contributed by atoms with Crippen molar-refractivity contribution in [1.82, 2.24) is 9.78 Å². The van der Waals surface area contributed by atoms with Crippen molar-refractivity contribution < 1.29 is 13.2 Å². The number of hydrogen-bond acceptors (Lipinski definition) is 6. The summed E-state index contributed by atoms with van der Waals surface area (Å²) in [4.78, 5) is 11.6. The van der Waals surface area contributed by atoms with Crippen LogP contribution in [-0.2, 0) is 9.84 Å². The van der Waals surface area contributed by atoms with Gasteiger partial charge < -0.3 is 11.5 Å². The minimum absolute atomic E-state index is 0.0525. The summed E-state index contributed by atoms with van der Waals surface area (Å²) in [5.74, 6) is -0.466. The Morgan fingerprint density at radius 3 is 2.69 bits per heavy atom. The quantitative estimate of drug-likeness (QED) is 0.693. The third-order valence-electron chi connectivity index (χ3n) is 2.00. The fourth-order valence-corrected chi connectivity index (χ4v) is 1.80. The summed E-state index contributed by atoms with van der Waals surface area (Å²) in [6.07, 6.45) is 2.51. The van der Waals surface area contributed by atoms with E-state index in [2.05, 4.69) is 5.10 Å². The topological polar surface area (TPSA) is 121 Å². The van der Waals surface area contributed by atoms with Crippen molar-refractivity contribution in [3.05, 3.63) is 12.3 Å². The van der Waals surface area contributed by atoms with Crippen LogP contribution in [0.15, 0.2) is 12.3 Å². The van der Waals surface area contributed by atoms with Gasteiger partial charge in [-0.2, -0.15) is 9.78 Å². The highest BCUT2D eigenvalue weighted by atomic mass is 32.2. The Bertz CT molecular complexity index is 479. The van der Waals surface area contributed by atoms with Crippen molar-refractivity contribution in [2.45, 2.75) is 12.5 Å². The molecule has 0 aliphatic rings. The molecule has 0 bridgehead atoms. The van der Waals surface area contributed by atoms with Crippen molar-refractivity contribution in [2.75, 3.05) is 17.7 Å². The Kier molecular flexibility index (Phi) is 3.66. The second-order valence-electron chi connectivity index (χ2n) is 3.53. The summed E-state index contributed by atoms with van der Waals surface area (Å²) in [6.45, 7) is 0. The van der Waals surface area contributed by atoms with Gasteiger partial charge in [0.1, 0.15) is 15.7 Å². The maximum absolute atomic E-state index is 11.6. The van der Waals surface area contributed by atoms with Crippen LogP contribution in [0.5, 0.6) is 0 Å². The van der Waals surface area contributed by atoms with Crippen molar-refractivity contribution in [2.24, 2.45) is 5.73 Å². The molecule has 1 atom stereocenters. The van der Waals surface area contributed by atoms with Crippen LogP contribution in [-0.4, -0.2) is 42.2 Å². The fourth-order valence-electron chi connectivity index (χ4n) is 1.12. The van der Waals surface area contributed by atoms with Crippen molar-refractivity contribution in [3.63, 3.8) is 0 Å². The SMILES string of the molecule is CS(=O)(=O)CC[C@H](N)C(=O)n1nccc1N. The van der Waals surface area contributed by atoms with E-state index in [1.165, 1.54) is 12.3 Å². The molecule has 1 rings (SSSR count). The number of aromatic nitrogens is 2. The second-order valence-corrected chi connectivity index (χ2v) is 5.79. The molecule has 0 radical (unpaired) electrons. The first-order chi connectivity index (χ1) is 7.31. The molecule has 8 heteroatoms. The Labute approximate surface area is 93.3 Å². The zero-order chi connectivity index (χ0) is 12.3. The van der Waals surface area contributed by atoms with Gasteiger partial charge in [-0.3, -0.25) is 4.79 Å². The number of rotatable bonds is 4. The molecule has 1 aromatic heterocycles. The lowest BCUT2D eigenvalue weighted by Crippen LogP contribution is -2.37. The minimum Gasteiger partial charge on any atom is -0.383 e. The molecule has 0 amide bonds. The molecule has 0 fully saturated rings. The molecule has 0 saturated heterocycles. The van der Waals surface area contributed by atoms with Crippen molar-refractivity contribution in [1.29, 1.82) is 0 Å². The van der Waals surface area contributed by atoms with Gasteiger partial charge in [0.25, 0.3) is 5.91 Å².